The third kappa shape index (κ3) is 3.05. The first-order chi connectivity index (χ1) is 11.3. The van der Waals surface area contributed by atoms with Crippen LogP contribution in [0.25, 0.3) is 0 Å². The molecule has 0 aliphatic rings. The monoisotopic (exact) mass is 339 g/mol. The predicted octanol–water partition coefficient (Wildman–Crippen LogP) is 3.51. The van der Waals surface area contributed by atoms with Crippen molar-refractivity contribution in [3.05, 3.63) is 49.8 Å². The van der Waals surface area contributed by atoms with Crippen molar-refractivity contribution in [3.63, 3.8) is 0 Å². The number of pyridine rings is 2. The van der Waals surface area contributed by atoms with Gasteiger partial charge in [0.05, 0.1) is 16.1 Å². The van der Waals surface area contributed by atoms with Crippen LogP contribution in [0.2, 0.25) is 0 Å². The van der Waals surface area contributed by atoms with Crippen LogP contribution in [-0.2, 0) is 0 Å². The fourth-order valence-electron chi connectivity index (χ4n) is 2.39. The maximum atomic E-state index is 11.2. The first kappa shape index (κ1) is 17.4. The molecule has 7 nitrogen and oxygen atoms in total. The van der Waals surface area contributed by atoms with E-state index in [1.54, 1.807) is 6.07 Å². The second-order valence-electron chi connectivity index (χ2n) is 5.19. The van der Waals surface area contributed by atoms with Gasteiger partial charge in [0.1, 0.15) is 27.9 Å². The minimum absolute atomic E-state index is 0.127. The highest BCUT2D eigenvalue weighted by Crippen LogP contribution is 2.36. The van der Waals surface area contributed by atoms with Gasteiger partial charge in [0.15, 0.2) is 0 Å². The van der Waals surface area contributed by atoms with Crippen LogP contribution in [-0.4, -0.2) is 14.9 Å². The number of nitrogens with zero attached hydrogens (tertiary/aromatic N) is 5. The third-order valence-corrected chi connectivity index (χ3v) is 4.44. The Balaban J connectivity index is 2.67. The van der Waals surface area contributed by atoms with Crippen molar-refractivity contribution >= 4 is 17.4 Å². The minimum atomic E-state index is -0.539. The largest absolute Gasteiger partial charge is 0.294 e. The topological polar surface area (TPSA) is 116 Å². The Bertz CT molecular complexity index is 941. The fourth-order valence-corrected chi connectivity index (χ4v) is 3.55. The number of hydrogen-bond acceptors (Lipinski definition) is 7. The summed E-state index contributed by atoms with van der Waals surface area (Å²) in [5.74, 6) is 0. The van der Waals surface area contributed by atoms with Gasteiger partial charge in [0, 0.05) is 11.3 Å². The molecule has 0 N–H and O–H groups in total. The zero-order valence-corrected chi connectivity index (χ0v) is 14.4. The van der Waals surface area contributed by atoms with Crippen LogP contribution >= 0.6 is 11.8 Å². The molecule has 0 atom stereocenters. The maximum Gasteiger partial charge on any atom is 0.294 e. The lowest BCUT2D eigenvalue weighted by molar-refractivity contribution is -0.386. The van der Waals surface area contributed by atoms with E-state index in [9.17, 15) is 20.6 Å². The zero-order valence-electron chi connectivity index (χ0n) is 13.5. The average Bonchev–Trinajstić information content (AvgIpc) is 2.46. The molecule has 0 saturated heterocycles. The second kappa shape index (κ2) is 6.65. The fraction of sp³-hybridized carbons (Fsp3) is 0.250. The van der Waals surface area contributed by atoms with Gasteiger partial charge in [-0.3, -0.25) is 10.1 Å². The molecule has 0 saturated carbocycles. The molecule has 24 heavy (non-hydrogen) atoms. The van der Waals surface area contributed by atoms with Crippen LogP contribution in [0.1, 0.15) is 33.6 Å². The summed E-state index contributed by atoms with van der Waals surface area (Å²) in [5.41, 5.74) is 2.38. The van der Waals surface area contributed by atoms with Gasteiger partial charge in [-0.2, -0.15) is 10.5 Å². The summed E-state index contributed by atoms with van der Waals surface area (Å²) < 4.78 is 0. The van der Waals surface area contributed by atoms with Gasteiger partial charge in [-0.1, -0.05) is 0 Å². The number of aryl methyl sites for hydroxylation is 3. The highest BCUT2D eigenvalue weighted by molar-refractivity contribution is 7.99. The summed E-state index contributed by atoms with van der Waals surface area (Å²) >= 11 is 1.08. The van der Waals surface area contributed by atoms with Crippen LogP contribution in [0.15, 0.2) is 16.1 Å². The predicted molar refractivity (Wildman–Crippen MR) is 87.6 cm³/mol. The van der Waals surface area contributed by atoms with Crippen molar-refractivity contribution in [2.45, 2.75) is 37.7 Å². The lowest BCUT2D eigenvalue weighted by Gasteiger charge is -2.10. The molecule has 0 aliphatic heterocycles. The molecule has 0 aliphatic carbocycles. The van der Waals surface area contributed by atoms with Gasteiger partial charge in [0.2, 0.25) is 0 Å². The Kier molecular flexibility index (Phi) is 4.82. The molecule has 0 bridgehead atoms. The summed E-state index contributed by atoms with van der Waals surface area (Å²) in [6.07, 6.45) is 0. The molecule has 2 aromatic rings. The Labute approximate surface area is 143 Å². The molecule has 8 heteroatoms. The van der Waals surface area contributed by atoms with Crippen LogP contribution < -0.4 is 0 Å². The smallest absolute Gasteiger partial charge is 0.258 e. The van der Waals surface area contributed by atoms with E-state index >= 15 is 0 Å². The number of rotatable bonds is 3. The van der Waals surface area contributed by atoms with Gasteiger partial charge in [-0.15, -0.1) is 0 Å². The maximum absolute atomic E-state index is 11.2. The molecule has 0 aromatic carbocycles. The van der Waals surface area contributed by atoms with Gasteiger partial charge >= 0.3 is 0 Å². The average molecular weight is 339 g/mol. The van der Waals surface area contributed by atoms with E-state index in [2.05, 4.69) is 16.0 Å². The standard InChI is InChI=1S/C16H13N5O2S/c1-8-5-9(2)19-15(12(8)6-17)24-16-13(7-18)10(3)14(21(22)23)11(4)20-16/h5H,1-4H3. The highest BCUT2D eigenvalue weighted by Gasteiger charge is 2.24. The van der Waals surface area contributed by atoms with Crippen LogP contribution in [0.4, 0.5) is 5.69 Å². The highest BCUT2D eigenvalue weighted by atomic mass is 32.2. The molecule has 0 spiro atoms. The van der Waals surface area contributed by atoms with E-state index in [0.29, 0.717) is 15.6 Å². The van der Waals surface area contributed by atoms with Crippen LogP contribution in [0, 0.1) is 60.5 Å². The molecule has 0 fully saturated rings. The third-order valence-electron chi connectivity index (χ3n) is 3.47. The van der Waals surface area contributed by atoms with E-state index in [4.69, 9.17) is 0 Å². The van der Waals surface area contributed by atoms with E-state index in [1.165, 1.54) is 13.8 Å². The van der Waals surface area contributed by atoms with Crippen molar-refractivity contribution in [1.29, 1.82) is 10.5 Å². The van der Waals surface area contributed by atoms with Gasteiger partial charge < -0.3 is 0 Å². The van der Waals surface area contributed by atoms with Crippen molar-refractivity contribution in [3.8, 4) is 12.1 Å². The summed E-state index contributed by atoms with van der Waals surface area (Å²) in [5, 5.41) is 30.7. The number of nitriles is 2. The lowest BCUT2D eigenvalue weighted by atomic mass is 10.1. The first-order valence-electron chi connectivity index (χ1n) is 6.92. The number of aromatic nitrogens is 2. The van der Waals surface area contributed by atoms with Crippen molar-refractivity contribution in [2.75, 3.05) is 0 Å². The zero-order chi connectivity index (χ0) is 18.0. The quantitative estimate of drug-likeness (QED) is 0.620. The van der Waals surface area contributed by atoms with Crippen LogP contribution in [0.5, 0.6) is 0 Å². The van der Waals surface area contributed by atoms with E-state index in [1.807, 2.05) is 19.9 Å². The molecule has 2 aromatic heterocycles. The minimum Gasteiger partial charge on any atom is -0.258 e. The molecule has 0 amide bonds. The molecule has 2 rings (SSSR count). The molecule has 120 valence electrons. The van der Waals surface area contributed by atoms with Gasteiger partial charge in [-0.25, -0.2) is 9.97 Å². The summed E-state index contributed by atoms with van der Waals surface area (Å²) in [4.78, 5) is 19.2. The second-order valence-corrected chi connectivity index (χ2v) is 6.17. The van der Waals surface area contributed by atoms with Crippen molar-refractivity contribution < 1.29 is 4.92 Å². The molecular formula is C16H13N5O2S. The van der Waals surface area contributed by atoms with Crippen molar-refractivity contribution in [2.24, 2.45) is 0 Å². The van der Waals surface area contributed by atoms with Gasteiger partial charge in [-0.05, 0) is 51.1 Å². The Morgan fingerprint density at radius 3 is 2.21 bits per heavy atom. The van der Waals surface area contributed by atoms with Crippen molar-refractivity contribution in [1.82, 2.24) is 9.97 Å². The lowest BCUT2D eigenvalue weighted by Crippen LogP contribution is -2.03. The Hall–Kier alpha value is -2.97. The molecule has 2 heterocycles. The van der Waals surface area contributed by atoms with Crippen LogP contribution in [0.3, 0.4) is 0 Å². The van der Waals surface area contributed by atoms with E-state index < -0.39 is 4.92 Å². The Morgan fingerprint density at radius 2 is 1.67 bits per heavy atom. The van der Waals surface area contributed by atoms with E-state index in [0.717, 1.165) is 23.0 Å². The number of hydrogen-bond donors (Lipinski definition) is 0. The SMILES string of the molecule is Cc1cc(C)c(C#N)c(Sc2nc(C)c([N+](=O)[O-])c(C)c2C#N)n1. The summed E-state index contributed by atoms with van der Waals surface area (Å²) in [6.45, 7) is 6.66. The molecular weight excluding hydrogens is 326 g/mol. The number of nitro groups is 1. The summed E-state index contributed by atoms with van der Waals surface area (Å²) in [7, 11) is 0. The Morgan fingerprint density at radius 1 is 1.08 bits per heavy atom. The van der Waals surface area contributed by atoms with E-state index in [-0.39, 0.29) is 22.5 Å². The normalized spacial score (nSPS) is 10.1. The summed E-state index contributed by atoms with van der Waals surface area (Å²) in [6, 6.07) is 5.88. The molecule has 0 radical (unpaired) electrons. The van der Waals surface area contributed by atoms with Gasteiger partial charge in [0.25, 0.3) is 5.69 Å². The molecule has 0 unspecified atom stereocenters. The first-order valence-corrected chi connectivity index (χ1v) is 7.73.